The summed E-state index contributed by atoms with van der Waals surface area (Å²) >= 11 is 0. The third-order valence-electron chi connectivity index (χ3n) is 9.85. The quantitative estimate of drug-likeness (QED) is 0.0709. The number of hydrogen-bond donors (Lipinski definition) is 4. The molecule has 1 aliphatic heterocycles. The summed E-state index contributed by atoms with van der Waals surface area (Å²) in [5.74, 6) is -0.597. The molecule has 1 saturated heterocycles. The number of esters is 2. The minimum Gasteiger partial charge on any atom is -0.459 e. The van der Waals surface area contributed by atoms with Crippen molar-refractivity contribution in [3.8, 4) is 0 Å². The van der Waals surface area contributed by atoms with Crippen LogP contribution in [0.3, 0.4) is 0 Å². The van der Waals surface area contributed by atoms with E-state index in [1.807, 2.05) is 41.8 Å². The van der Waals surface area contributed by atoms with Gasteiger partial charge in [0.15, 0.2) is 12.6 Å². The molecule has 0 aromatic rings. The second-order valence-electron chi connectivity index (χ2n) is 16.3. The molecule has 1 rings (SSSR count). The van der Waals surface area contributed by atoms with E-state index >= 15 is 0 Å². The van der Waals surface area contributed by atoms with E-state index in [9.17, 15) is 24.9 Å². The molecule has 0 aliphatic carbocycles. The van der Waals surface area contributed by atoms with Gasteiger partial charge in [-0.2, -0.15) is 0 Å². The van der Waals surface area contributed by atoms with Gasteiger partial charge in [0.2, 0.25) is 6.29 Å². The zero-order chi connectivity index (χ0) is 41.1. The van der Waals surface area contributed by atoms with Crippen LogP contribution < -0.4 is 5.32 Å². The summed E-state index contributed by atoms with van der Waals surface area (Å²) in [7, 11) is 5.52. The van der Waals surface area contributed by atoms with Crippen LogP contribution in [0.4, 0.5) is 0 Å². The van der Waals surface area contributed by atoms with Crippen molar-refractivity contribution in [3.05, 3.63) is 0 Å². The van der Waals surface area contributed by atoms with Crippen LogP contribution in [0.5, 0.6) is 0 Å². The van der Waals surface area contributed by atoms with Crippen molar-refractivity contribution in [3.63, 3.8) is 0 Å². The smallest absolute Gasteiger partial charge is 0.311 e. The number of rotatable bonds is 24. The van der Waals surface area contributed by atoms with Crippen molar-refractivity contribution in [2.24, 2.45) is 23.7 Å². The van der Waals surface area contributed by atoms with Crippen LogP contribution in [0, 0.1) is 23.7 Å². The van der Waals surface area contributed by atoms with Crippen LogP contribution >= 0.6 is 0 Å². The molecule has 13 nitrogen and oxygen atoms in total. The number of methoxy groups -OCH3 is 1. The summed E-state index contributed by atoms with van der Waals surface area (Å²) in [6.07, 6.45) is 1.90. The maximum absolute atomic E-state index is 13.6. The van der Waals surface area contributed by atoms with Gasteiger partial charge in [-0.1, -0.05) is 48.0 Å². The van der Waals surface area contributed by atoms with Gasteiger partial charge in [-0.15, -0.1) is 0 Å². The van der Waals surface area contributed by atoms with E-state index in [1.54, 1.807) is 20.8 Å². The summed E-state index contributed by atoms with van der Waals surface area (Å²) in [6, 6.07) is 0.291. The van der Waals surface area contributed by atoms with E-state index in [0.717, 1.165) is 32.1 Å². The highest BCUT2D eigenvalue weighted by molar-refractivity contribution is 5.73. The third kappa shape index (κ3) is 20.9. The van der Waals surface area contributed by atoms with Gasteiger partial charge in [-0.3, -0.25) is 14.9 Å². The van der Waals surface area contributed by atoms with Crippen molar-refractivity contribution >= 4 is 11.9 Å². The molecule has 1 fully saturated rings. The second kappa shape index (κ2) is 26.4. The van der Waals surface area contributed by atoms with Gasteiger partial charge >= 0.3 is 11.9 Å². The maximum atomic E-state index is 13.6. The van der Waals surface area contributed by atoms with E-state index in [4.69, 9.17) is 28.4 Å². The minimum atomic E-state index is -1.30. The lowest BCUT2D eigenvalue weighted by Gasteiger charge is -2.37. The first-order chi connectivity index (χ1) is 24.6. The zero-order valence-electron chi connectivity index (χ0n) is 35.9. The Kier molecular flexibility index (Phi) is 25.7. The molecule has 0 amide bonds. The lowest BCUT2D eigenvalue weighted by molar-refractivity contribution is -0.260. The fraction of sp³-hybridized carbons (Fsp3) is 0.950. The van der Waals surface area contributed by atoms with Crippen molar-refractivity contribution in [2.75, 3.05) is 27.9 Å². The third-order valence-corrected chi connectivity index (χ3v) is 9.85. The van der Waals surface area contributed by atoms with Crippen LogP contribution in [-0.2, 0) is 38.0 Å². The highest BCUT2D eigenvalue weighted by atomic mass is 16.7. The Hall–Kier alpha value is -1.42. The van der Waals surface area contributed by atoms with E-state index < -0.39 is 60.6 Å². The number of nitrogens with zero attached hydrogens (tertiary/aromatic N) is 1. The van der Waals surface area contributed by atoms with Gasteiger partial charge in [0.25, 0.3) is 0 Å². The van der Waals surface area contributed by atoms with Crippen LogP contribution in [0.2, 0.25) is 0 Å². The molecule has 1 heterocycles. The predicted molar refractivity (Wildman–Crippen MR) is 207 cm³/mol. The average Bonchev–Trinajstić information content (AvgIpc) is 3.03. The molecule has 0 spiro atoms. The number of carbonyl (C=O) groups excluding carboxylic acids is 2. The topological polar surface area (TPSA) is 165 Å². The summed E-state index contributed by atoms with van der Waals surface area (Å²) in [4.78, 5) is 27.3. The number of nitrogens with one attached hydrogen (secondary N) is 1. The molecular formula is C40H80N2O11. The average molecular weight is 765 g/mol. The van der Waals surface area contributed by atoms with Gasteiger partial charge in [-0.25, -0.2) is 0 Å². The molecule has 1 aliphatic rings. The van der Waals surface area contributed by atoms with Crippen molar-refractivity contribution in [1.82, 2.24) is 10.2 Å². The molecule has 0 aromatic carbocycles. The fourth-order valence-corrected chi connectivity index (χ4v) is 7.32. The number of ether oxygens (including phenoxy) is 6. The van der Waals surface area contributed by atoms with E-state index in [-0.39, 0.29) is 24.8 Å². The van der Waals surface area contributed by atoms with Gasteiger partial charge in [-0.05, 0) is 105 Å². The number of hydrogen-bond acceptors (Lipinski definition) is 13. The largest absolute Gasteiger partial charge is 0.459 e. The Bertz CT molecular complexity index is 974. The molecule has 10 unspecified atom stereocenters. The van der Waals surface area contributed by atoms with Crippen LogP contribution in [-0.4, -0.2) is 121 Å². The molecule has 13 atom stereocenters. The second-order valence-corrected chi connectivity index (χ2v) is 16.3. The van der Waals surface area contributed by atoms with E-state index in [2.05, 4.69) is 37.9 Å². The van der Waals surface area contributed by atoms with Crippen LogP contribution in [0.1, 0.15) is 134 Å². The van der Waals surface area contributed by atoms with Crippen molar-refractivity contribution in [1.29, 1.82) is 0 Å². The summed E-state index contributed by atoms with van der Waals surface area (Å²) in [6.45, 7) is 22.8. The Labute approximate surface area is 322 Å². The normalized spacial score (nSPS) is 24.0. The van der Waals surface area contributed by atoms with Crippen molar-refractivity contribution < 1.29 is 53.3 Å². The van der Waals surface area contributed by atoms with Gasteiger partial charge < -0.3 is 48.6 Å². The molecule has 0 radical (unpaired) electrons. The Balaban J connectivity index is 0.00000207. The first kappa shape index (κ1) is 51.6. The van der Waals surface area contributed by atoms with Gasteiger partial charge in [0.05, 0.1) is 24.9 Å². The number of aliphatic hydroxyl groups is 3. The summed E-state index contributed by atoms with van der Waals surface area (Å²) in [5.41, 5.74) is -1.30. The van der Waals surface area contributed by atoms with Gasteiger partial charge in [0.1, 0.15) is 17.8 Å². The fourth-order valence-electron chi connectivity index (χ4n) is 7.32. The highest BCUT2D eigenvalue weighted by Crippen LogP contribution is 2.31. The number of aliphatic hydroxyl groups excluding tert-OH is 2. The van der Waals surface area contributed by atoms with Gasteiger partial charge in [0, 0.05) is 32.5 Å². The maximum Gasteiger partial charge on any atom is 0.311 e. The Morgan fingerprint density at radius 3 is 2.09 bits per heavy atom. The lowest BCUT2D eigenvalue weighted by Crippen LogP contribution is -2.48. The van der Waals surface area contributed by atoms with Crippen LogP contribution in [0.25, 0.3) is 0 Å². The Morgan fingerprint density at radius 1 is 1.00 bits per heavy atom. The van der Waals surface area contributed by atoms with Crippen LogP contribution in [0.15, 0.2) is 0 Å². The molecule has 0 saturated carbocycles. The number of carbonyl (C=O) groups is 2. The monoisotopic (exact) mass is 765 g/mol. The molecule has 0 aromatic heterocycles. The minimum absolute atomic E-state index is 0.000571. The molecular weight excluding hydrogens is 684 g/mol. The molecule has 4 N–H and O–H groups in total. The molecule has 316 valence electrons. The zero-order valence-corrected chi connectivity index (χ0v) is 35.9. The first-order valence-electron chi connectivity index (χ1n) is 19.9. The summed E-state index contributed by atoms with van der Waals surface area (Å²) in [5, 5.41) is 32.5. The van der Waals surface area contributed by atoms with E-state index in [1.165, 1.54) is 14.0 Å². The lowest BCUT2D eigenvalue weighted by atomic mass is 9.83. The SMILES string of the molecule is CC1CC(N(C)C)CC(O)O1.CCCC(OC(C(C)CC(C)CC(C)C)C(C)C(=O)OC(CC)[C@@](C)(O)C[C@@H](C)NCO)O[C@@H](C)C(OC)OC(C)=O. The first-order valence-corrected chi connectivity index (χ1v) is 19.9. The van der Waals surface area contributed by atoms with Crippen molar-refractivity contribution in [2.45, 2.75) is 195 Å². The molecule has 0 bridgehead atoms. The highest BCUT2D eigenvalue weighted by Gasteiger charge is 2.40. The van der Waals surface area contributed by atoms with E-state index in [0.29, 0.717) is 37.1 Å². The Morgan fingerprint density at radius 2 is 1.62 bits per heavy atom. The standard InChI is InChI=1S/C32H63NO9.C8H17NO2/c1-13-15-28(39-25(9)31(38-12)40-26(10)35)42-29(22(6)17-21(5)16-20(3)4)24(8)30(36)41-27(14-2)32(11,37)18-23(7)33-19-34;1-6-4-7(9(2)3)5-8(10)11-6/h20-25,27-29,31,33-34,37H,13-19H2,1-12H3;6-8,10H,4-5H2,1-3H3/t21?,22?,23-,24?,25+,27?,28?,29?,31?,32+;/m1./s1. The molecule has 13 heteroatoms. The molecule has 53 heavy (non-hydrogen) atoms. The predicted octanol–water partition coefficient (Wildman–Crippen LogP) is 5.61. The summed E-state index contributed by atoms with van der Waals surface area (Å²) < 4.78 is 34.5.